The lowest BCUT2D eigenvalue weighted by atomic mass is 10.2. The third-order valence-corrected chi connectivity index (χ3v) is 3.61. The Bertz CT molecular complexity index is 170. The van der Waals surface area contributed by atoms with Crippen molar-refractivity contribution in [2.45, 2.75) is 31.4 Å². The van der Waals surface area contributed by atoms with E-state index in [-0.39, 0.29) is 5.97 Å². The van der Waals surface area contributed by atoms with Gasteiger partial charge in [-0.3, -0.25) is 4.79 Å². The normalized spacial score (nSPS) is 21.1. The molecule has 0 saturated carbocycles. The van der Waals surface area contributed by atoms with Crippen LogP contribution in [0.5, 0.6) is 0 Å². The average Bonchev–Trinajstić information content (AvgIpc) is 2.65. The van der Waals surface area contributed by atoms with E-state index in [4.69, 9.17) is 4.74 Å². The molecule has 1 fully saturated rings. The molecule has 1 atom stereocenters. The molecule has 0 aromatic carbocycles. The first-order valence-corrected chi connectivity index (χ1v) is 6.35. The molecular formula is C10H19NO2S. The van der Waals surface area contributed by atoms with Gasteiger partial charge in [-0.15, -0.1) is 0 Å². The van der Waals surface area contributed by atoms with Crippen molar-refractivity contribution in [3.63, 3.8) is 0 Å². The summed E-state index contributed by atoms with van der Waals surface area (Å²) in [6, 6.07) is 0. The van der Waals surface area contributed by atoms with Gasteiger partial charge in [0.05, 0.1) is 13.0 Å². The molecule has 0 aromatic heterocycles. The molecule has 4 heteroatoms. The van der Waals surface area contributed by atoms with Crippen molar-refractivity contribution in [2.75, 3.05) is 25.4 Å². The standard InChI is InChI=1S/C10H19NO2S/c1-2-13-10(12)5-6-11-8-9-4-3-7-14-9/h9,11H,2-8H2,1H3. The average molecular weight is 217 g/mol. The van der Waals surface area contributed by atoms with Crippen LogP contribution in [0.15, 0.2) is 0 Å². The lowest BCUT2D eigenvalue weighted by Crippen LogP contribution is -2.26. The molecule has 0 aromatic rings. The number of carbonyl (C=O) groups excluding carboxylic acids is 1. The molecule has 82 valence electrons. The third kappa shape index (κ3) is 4.86. The zero-order chi connectivity index (χ0) is 10.2. The Morgan fingerprint density at radius 2 is 2.50 bits per heavy atom. The second kappa shape index (κ2) is 7.12. The SMILES string of the molecule is CCOC(=O)CCNCC1CCCS1. The first-order chi connectivity index (χ1) is 6.83. The van der Waals surface area contributed by atoms with Gasteiger partial charge in [0.2, 0.25) is 0 Å². The van der Waals surface area contributed by atoms with Gasteiger partial charge in [0.25, 0.3) is 0 Å². The van der Waals surface area contributed by atoms with E-state index >= 15 is 0 Å². The summed E-state index contributed by atoms with van der Waals surface area (Å²) in [6.45, 7) is 4.10. The Labute approximate surface area is 90.0 Å². The molecule has 1 rings (SSSR count). The summed E-state index contributed by atoms with van der Waals surface area (Å²) in [5.41, 5.74) is 0. The number of thioether (sulfide) groups is 1. The van der Waals surface area contributed by atoms with Crippen molar-refractivity contribution < 1.29 is 9.53 Å². The van der Waals surface area contributed by atoms with Gasteiger partial charge in [0, 0.05) is 18.3 Å². The topological polar surface area (TPSA) is 38.3 Å². The molecule has 3 nitrogen and oxygen atoms in total. The van der Waals surface area contributed by atoms with E-state index in [1.165, 1.54) is 18.6 Å². The van der Waals surface area contributed by atoms with Crippen molar-refractivity contribution in [2.24, 2.45) is 0 Å². The third-order valence-electron chi connectivity index (χ3n) is 2.21. The molecule has 1 N–H and O–H groups in total. The molecule has 0 aliphatic carbocycles. The van der Waals surface area contributed by atoms with Gasteiger partial charge in [-0.25, -0.2) is 0 Å². The lowest BCUT2D eigenvalue weighted by Gasteiger charge is -2.09. The lowest BCUT2D eigenvalue weighted by molar-refractivity contribution is -0.142. The number of esters is 1. The molecule has 1 heterocycles. The summed E-state index contributed by atoms with van der Waals surface area (Å²) < 4.78 is 4.83. The van der Waals surface area contributed by atoms with E-state index in [9.17, 15) is 4.79 Å². The zero-order valence-electron chi connectivity index (χ0n) is 8.75. The highest BCUT2D eigenvalue weighted by atomic mass is 32.2. The van der Waals surface area contributed by atoms with Crippen LogP contribution in [0.3, 0.4) is 0 Å². The molecule has 14 heavy (non-hydrogen) atoms. The molecule has 1 aliphatic rings. The largest absolute Gasteiger partial charge is 0.466 e. The van der Waals surface area contributed by atoms with Gasteiger partial charge in [0.1, 0.15) is 0 Å². The highest BCUT2D eigenvalue weighted by Gasteiger charge is 2.14. The Balaban J connectivity index is 1.90. The smallest absolute Gasteiger partial charge is 0.307 e. The Morgan fingerprint density at radius 1 is 1.64 bits per heavy atom. The fraction of sp³-hybridized carbons (Fsp3) is 0.900. The van der Waals surface area contributed by atoms with Crippen LogP contribution < -0.4 is 5.32 Å². The predicted octanol–water partition coefficient (Wildman–Crippen LogP) is 1.42. The number of rotatable bonds is 6. The number of carbonyl (C=O) groups is 1. The fourth-order valence-corrected chi connectivity index (χ4v) is 2.73. The van der Waals surface area contributed by atoms with Gasteiger partial charge in [-0.2, -0.15) is 11.8 Å². The first kappa shape index (κ1) is 11.9. The quantitative estimate of drug-likeness (QED) is 0.539. The van der Waals surface area contributed by atoms with Gasteiger partial charge in [-0.1, -0.05) is 0 Å². The van der Waals surface area contributed by atoms with Gasteiger partial charge < -0.3 is 10.1 Å². The molecule has 0 amide bonds. The molecule has 1 unspecified atom stereocenters. The second-order valence-electron chi connectivity index (χ2n) is 3.39. The maximum atomic E-state index is 11.0. The van der Waals surface area contributed by atoms with Crippen molar-refractivity contribution in [1.82, 2.24) is 5.32 Å². The van der Waals surface area contributed by atoms with Gasteiger partial charge >= 0.3 is 5.97 Å². The minimum absolute atomic E-state index is 0.0981. The monoisotopic (exact) mass is 217 g/mol. The van der Waals surface area contributed by atoms with Crippen LogP contribution in [0, 0.1) is 0 Å². The van der Waals surface area contributed by atoms with Crippen molar-refractivity contribution in [3.8, 4) is 0 Å². The molecule has 0 bridgehead atoms. The van der Waals surface area contributed by atoms with Crippen molar-refractivity contribution >= 4 is 17.7 Å². The highest BCUT2D eigenvalue weighted by Crippen LogP contribution is 2.25. The van der Waals surface area contributed by atoms with E-state index in [0.717, 1.165) is 18.3 Å². The second-order valence-corrected chi connectivity index (χ2v) is 4.80. The van der Waals surface area contributed by atoms with E-state index in [0.29, 0.717) is 13.0 Å². The van der Waals surface area contributed by atoms with Crippen LogP contribution in [0.25, 0.3) is 0 Å². The van der Waals surface area contributed by atoms with E-state index in [1.807, 2.05) is 18.7 Å². The van der Waals surface area contributed by atoms with Crippen molar-refractivity contribution in [3.05, 3.63) is 0 Å². The van der Waals surface area contributed by atoms with Crippen LogP contribution >= 0.6 is 11.8 Å². The Morgan fingerprint density at radius 3 is 3.14 bits per heavy atom. The summed E-state index contributed by atoms with van der Waals surface area (Å²) in [4.78, 5) is 11.0. The molecule has 0 spiro atoms. The van der Waals surface area contributed by atoms with E-state index < -0.39 is 0 Å². The maximum Gasteiger partial charge on any atom is 0.307 e. The van der Waals surface area contributed by atoms with Crippen LogP contribution in [0.1, 0.15) is 26.2 Å². The van der Waals surface area contributed by atoms with Gasteiger partial charge in [0.15, 0.2) is 0 Å². The minimum Gasteiger partial charge on any atom is -0.466 e. The molecular weight excluding hydrogens is 198 g/mol. The predicted molar refractivity (Wildman–Crippen MR) is 59.6 cm³/mol. The number of hydrogen-bond donors (Lipinski definition) is 1. The summed E-state index contributed by atoms with van der Waals surface area (Å²) >= 11 is 2.03. The molecule has 1 saturated heterocycles. The van der Waals surface area contributed by atoms with E-state index in [1.54, 1.807) is 0 Å². The highest BCUT2D eigenvalue weighted by molar-refractivity contribution is 8.00. The van der Waals surface area contributed by atoms with E-state index in [2.05, 4.69) is 5.32 Å². The summed E-state index contributed by atoms with van der Waals surface area (Å²) in [7, 11) is 0. The minimum atomic E-state index is -0.0981. The van der Waals surface area contributed by atoms with Crippen LogP contribution in [-0.4, -0.2) is 36.7 Å². The molecule has 1 aliphatic heterocycles. The summed E-state index contributed by atoms with van der Waals surface area (Å²) in [6.07, 6.45) is 3.15. The van der Waals surface area contributed by atoms with Crippen molar-refractivity contribution in [1.29, 1.82) is 0 Å². The maximum absolute atomic E-state index is 11.0. The number of nitrogens with one attached hydrogen (secondary N) is 1. The van der Waals surface area contributed by atoms with Crippen LogP contribution in [0.2, 0.25) is 0 Å². The first-order valence-electron chi connectivity index (χ1n) is 5.31. The van der Waals surface area contributed by atoms with Crippen LogP contribution in [0.4, 0.5) is 0 Å². The summed E-state index contributed by atoms with van der Waals surface area (Å²) in [5.74, 6) is 1.20. The Kier molecular flexibility index (Phi) is 6.03. The van der Waals surface area contributed by atoms with Crippen LogP contribution in [-0.2, 0) is 9.53 Å². The Hall–Kier alpha value is -0.220. The zero-order valence-corrected chi connectivity index (χ0v) is 9.57. The summed E-state index contributed by atoms with van der Waals surface area (Å²) in [5, 5.41) is 4.06. The fourth-order valence-electron chi connectivity index (χ4n) is 1.49. The number of hydrogen-bond acceptors (Lipinski definition) is 4. The molecule has 0 radical (unpaired) electrons. The number of ether oxygens (including phenoxy) is 1. The van der Waals surface area contributed by atoms with Gasteiger partial charge in [-0.05, 0) is 25.5 Å².